The number of allylic oxidation sites excluding steroid dienone is 1. The van der Waals surface area contributed by atoms with Gasteiger partial charge in [0.2, 0.25) is 0 Å². The summed E-state index contributed by atoms with van der Waals surface area (Å²) >= 11 is 8.01. The Kier molecular flexibility index (Phi) is 6.34. The second-order valence-corrected chi connectivity index (χ2v) is 8.21. The topological polar surface area (TPSA) is 51.1 Å². The molecule has 2 heterocycles. The molecule has 31 heavy (non-hydrogen) atoms. The van der Waals surface area contributed by atoms with Crippen molar-refractivity contribution in [3.8, 4) is 5.75 Å². The van der Waals surface area contributed by atoms with E-state index in [-0.39, 0.29) is 19.0 Å². The van der Waals surface area contributed by atoms with E-state index in [9.17, 15) is 9.18 Å². The van der Waals surface area contributed by atoms with Gasteiger partial charge in [-0.25, -0.2) is 14.2 Å². The van der Waals surface area contributed by atoms with Crippen molar-refractivity contribution in [2.45, 2.75) is 26.5 Å². The summed E-state index contributed by atoms with van der Waals surface area (Å²) in [5, 5.41) is 3.14. The Morgan fingerprint density at radius 3 is 2.74 bits per heavy atom. The quantitative estimate of drug-likeness (QED) is 0.510. The molecule has 0 saturated heterocycles. The van der Waals surface area contributed by atoms with Crippen LogP contribution in [-0.2, 0) is 16.1 Å². The largest absolute Gasteiger partial charge is 0.487 e. The number of ether oxygens (including phenoxy) is 2. The van der Waals surface area contributed by atoms with Crippen molar-refractivity contribution in [1.29, 1.82) is 0 Å². The lowest BCUT2D eigenvalue weighted by atomic mass is 9.94. The SMILES string of the molecule is CCOC(=O)C1=C(C)N=C2SC=CN2[C@@H]1c1ccc(OCc2ccc(F)cc2)c(Cl)c1. The van der Waals surface area contributed by atoms with E-state index in [0.717, 1.165) is 16.3 Å². The Morgan fingerprint density at radius 2 is 2.03 bits per heavy atom. The van der Waals surface area contributed by atoms with Crippen LogP contribution in [0.25, 0.3) is 0 Å². The molecule has 0 fully saturated rings. The fraction of sp³-hybridized carbons (Fsp3) is 0.217. The lowest BCUT2D eigenvalue weighted by Gasteiger charge is -2.33. The molecule has 0 aromatic heterocycles. The molecule has 0 N–H and O–H groups in total. The number of halogens is 2. The highest BCUT2D eigenvalue weighted by Gasteiger charge is 2.37. The number of hydrogen-bond acceptors (Lipinski definition) is 6. The van der Waals surface area contributed by atoms with Gasteiger partial charge in [0.05, 0.1) is 28.9 Å². The van der Waals surface area contributed by atoms with Crippen LogP contribution in [0.3, 0.4) is 0 Å². The zero-order valence-electron chi connectivity index (χ0n) is 17.0. The smallest absolute Gasteiger partial charge is 0.338 e. The normalized spacial score (nSPS) is 17.5. The van der Waals surface area contributed by atoms with Gasteiger partial charge < -0.3 is 14.4 Å². The number of thioether (sulfide) groups is 1. The highest BCUT2D eigenvalue weighted by atomic mass is 35.5. The summed E-state index contributed by atoms with van der Waals surface area (Å²) in [5.41, 5.74) is 2.76. The van der Waals surface area contributed by atoms with Crippen LogP contribution < -0.4 is 4.74 Å². The van der Waals surface area contributed by atoms with Crippen molar-refractivity contribution >= 4 is 34.5 Å². The highest BCUT2D eigenvalue weighted by molar-refractivity contribution is 8.16. The Balaban J connectivity index is 1.62. The minimum atomic E-state index is -0.401. The van der Waals surface area contributed by atoms with Crippen molar-refractivity contribution < 1.29 is 18.7 Å². The number of fused-ring (bicyclic) bond motifs is 1. The van der Waals surface area contributed by atoms with E-state index in [1.807, 2.05) is 29.5 Å². The van der Waals surface area contributed by atoms with Crippen molar-refractivity contribution in [2.24, 2.45) is 4.99 Å². The zero-order valence-corrected chi connectivity index (χ0v) is 18.5. The van der Waals surface area contributed by atoms with Crippen LogP contribution in [0.5, 0.6) is 5.75 Å². The molecule has 2 aromatic carbocycles. The first-order chi connectivity index (χ1) is 15.0. The molecule has 160 valence electrons. The molecule has 0 saturated carbocycles. The molecule has 0 bridgehead atoms. The number of hydrogen-bond donors (Lipinski definition) is 0. The Morgan fingerprint density at radius 1 is 1.26 bits per heavy atom. The summed E-state index contributed by atoms with van der Waals surface area (Å²) in [6, 6.07) is 11.1. The van der Waals surface area contributed by atoms with Gasteiger partial charge in [-0.15, -0.1) is 0 Å². The zero-order chi connectivity index (χ0) is 22.0. The fourth-order valence-electron chi connectivity index (χ4n) is 3.44. The van der Waals surface area contributed by atoms with Crippen LogP contribution in [0.15, 0.2) is 70.3 Å². The summed E-state index contributed by atoms with van der Waals surface area (Å²) in [5.74, 6) is -0.188. The minimum Gasteiger partial charge on any atom is -0.487 e. The summed E-state index contributed by atoms with van der Waals surface area (Å²) in [7, 11) is 0. The number of rotatable bonds is 6. The number of nitrogens with zero attached hydrogens (tertiary/aromatic N) is 2. The second-order valence-electron chi connectivity index (χ2n) is 6.93. The van der Waals surface area contributed by atoms with Crippen molar-refractivity contribution in [3.05, 3.63) is 87.3 Å². The maximum atomic E-state index is 13.1. The van der Waals surface area contributed by atoms with Crippen LogP contribution in [0.1, 0.15) is 31.0 Å². The Bertz CT molecular complexity index is 1100. The van der Waals surface area contributed by atoms with Gasteiger partial charge in [0.1, 0.15) is 18.2 Å². The van der Waals surface area contributed by atoms with Crippen LogP contribution >= 0.6 is 23.4 Å². The van der Waals surface area contributed by atoms with Crippen LogP contribution in [0, 0.1) is 5.82 Å². The maximum Gasteiger partial charge on any atom is 0.338 e. The van der Waals surface area contributed by atoms with Gasteiger partial charge in [0.25, 0.3) is 0 Å². The molecule has 2 aliphatic rings. The number of esters is 1. The minimum absolute atomic E-state index is 0.262. The molecule has 0 radical (unpaired) electrons. The van der Waals surface area contributed by atoms with Gasteiger partial charge >= 0.3 is 5.97 Å². The first-order valence-electron chi connectivity index (χ1n) is 9.73. The standard InChI is InChI=1S/C23H20ClFN2O3S/c1-3-29-22(28)20-14(2)26-23-27(10-11-31-23)21(20)16-6-9-19(18(24)12-16)30-13-15-4-7-17(25)8-5-15/h4-12,21H,3,13H2,1-2H3/t21-/m1/s1. The van der Waals surface area contributed by atoms with E-state index in [4.69, 9.17) is 21.1 Å². The van der Waals surface area contributed by atoms with Crippen LogP contribution in [0.2, 0.25) is 5.02 Å². The van der Waals surface area contributed by atoms with Crippen molar-refractivity contribution in [3.63, 3.8) is 0 Å². The average molecular weight is 459 g/mol. The molecule has 1 atom stereocenters. The summed E-state index contributed by atoms with van der Waals surface area (Å²) in [6.45, 7) is 4.12. The molecule has 0 spiro atoms. The van der Waals surface area contributed by atoms with Gasteiger partial charge in [0.15, 0.2) is 5.17 Å². The third kappa shape index (κ3) is 4.48. The third-order valence-electron chi connectivity index (χ3n) is 4.90. The van der Waals surface area contributed by atoms with Crippen LogP contribution in [0.4, 0.5) is 4.39 Å². The first-order valence-corrected chi connectivity index (χ1v) is 11.0. The van der Waals surface area contributed by atoms with Gasteiger partial charge in [0, 0.05) is 6.20 Å². The number of carbonyl (C=O) groups is 1. The predicted octanol–water partition coefficient (Wildman–Crippen LogP) is 5.83. The van der Waals surface area contributed by atoms with E-state index in [1.165, 1.54) is 23.9 Å². The molecule has 4 rings (SSSR count). The molecule has 8 heteroatoms. The van der Waals surface area contributed by atoms with Gasteiger partial charge in [-0.1, -0.05) is 41.6 Å². The maximum absolute atomic E-state index is 13.1. The third-order valence-corrected chi connectivity index (χ3v) is 5.96. The molecule has 2 aromatic rings. The molecule has 5 nitrogen and oxygen atoms in total. The number of aliphatic imine (C=N–C) groups is 1. The van der Waals surface area contributed by atoms with Gasteiger partial charge in [-0.05, 0) is 54.6 Å². The van der Waals surface area contributed by atoms with E-state index < -0.39 is 12.0 Å². The lowest BCUT2D eigenvalue weighted by Crippen LogP contribution is -2.34. The second kappa shape index (κ2) is 9.16. The molecular weight excluding hydrogens is 439 g/mol. The summed E-state index contributed by atoms with van der Waals surface area (Å²) in [4.78, 5) is 19.2. The molecular formula is C23H20ClFN2O3S. The van der Waals surface area contributed by atoms with Gasteiger partial charge in [-0.3, -0.25) is 0 Å². The Hall–Kier alpha value is -2.77. The van der Waals surface area contributed by atoms with Crippen molar-refractivity contribution in [1.82, 2.24) is 4.90 Å². The number of benzene rings is 2. The van der Waals surface area contributed by atoms with E-state index in [2.05, 4.69) is 4.99 Å². The number of amidine groups is 1. The molecule has 0 aliphatic carbocycles. The molecule has 2 aliphatic heterocycles. The monoisotopic (exact) mass is 458 g/mol. The fourth-order valence-corrected chi connectivity index (χ4v) is 4.48. The van der Waals surface area contributed by atoms with E-state index >= 15 is 0 Å². The molecule has 0 unspecified atom stereocenters. The number of carbonyl (C=O) groups excluding carboxylic acids is 1. The lowest BCUT2D eigenvalue weighted by molar-refractivity contribution is -0.139. The van der Waals surface area contributed by atoms with E-state index in [0.29, 0.717) is 22.0 Å². The summed E-state index contributed by atoms with van der Waals surface area (Å²) in [6.07, 6.45) is 1.90. The van der Waals surface area contributed by atoms with Gasteiger partial charge in [-0.2, -0.15) is 0 Å². The van der Waals surface area contributed by atoms with Crippen molar-refractivity contribution in [2.75, 3.05) is 6.61 Å². The Labute approximate surface area is 189 Å². The summed E-state index contributed by atoms with van der Waals surface area (Å²) < 4.78 is 24.2. The molecule has 0 amide bonds. The van der Waals surface area contributed by atoms with Crippen LogP contribution in [-0.4, -0.2) is 22.6 Å². The highest BCUT2D eigenvalue weighted by Crippen LogP contribution is 2.42. The van der Waals surface area contributed by atoms with E-state index in [1.54, 1.807) is 31.2 Å². The first kappa shape index (κ1) is 21.5. The average Bonchev–Trinajstić information content (AvgIpc) is 3.21. The predicted molar refractivity (Wildman–Crippen MR) is 120 cm³/mol.